The monoisotopic (exact) mass is 366 g/mol. The van der Waals surface area contributed by atoms with Crippen LogP contribution in [0.5, 0.6) is 0 Å². The van der Waals surface area contributed by atoms with Gasteiger partial charge in [-0.3, -0.25) is 9.59 Å². The van der Waals surface area contributed by atoms with Crippen LogP contribution in [0.2, 0.25) is 0 Å². The van der Waals surface area contributed by atoms with Crippen molar-refractivity contribution in [2.75, 3.05) is 31.1 Å². The van der Waals surface area contributed by atoms with Crippen molar-refractivity contribution in [1.82, 2.24) is 19.7 Å². The average Bonchev–Trinajstić information content (AvgIpc) is 2.71. The van der Waals surface area contributed by atoms with Crippen molar-refractivity contribution < 1.29 is 4.79 Å². The Morgan fingerprint density at radius 3 is 2.59 bits per heavy atom. The molecule has 1 amide bonds. The molecule has 2 aromatic rings. The summed E-state index contributed by atoms with van der Waals surface area (Å²) in [4.78, 5) is 33.1. The summed E-state index contributed by atoms with van der Waals surface area (Å²) in [7, 11) is 0. The van der Waals surface area contributed by atoms with E-state index in [2.05, 4.69) is 15.0 Å². The number of carbonyl (C=O) groups is 1. The Balaban J connectivity index is 1.59. The molecule has 1 fully saturated rings. The van der Waals surface area contributed by atoms with Gasteiger partial charge < -0.3 is 9.80 Å². The smallest absolute Gasteiger partial charge is 0.284 e. The fourth-order valence-corrected chi connectivity index (χ4v) is 3.14. The molecule has 0 bridgehead atoms. The van der Waals surface area contributed by atoms with E-state index in [-0.39, 0.29) is 24.4 Å². The maximum absolute atomic E-state index is 12.5. The lowest BCUT2D eigenvalue weighted by molar-refractivity contribution is -0.131. The molecule has 2 aromatic heterocycles. The summed E-state index contributed by atoms with van der Waals surface area (Å²) in [5.74, 6) is 0.903. The van der Waals surface area contributed by atoms with E-state index >= 15 is 0 Å². The summed E-state index contributed by atoms with van der Waals surface area (Å²) >= 11 is 0. The number of pyridine rings is 1. The van der Waals surface area contributed by atoms with E-state index in [1.54, 1.807) is 24.9 Å². The van der Waals surface area contributed by atoms with Gasteiger partial charge in [0.15, 0.2) is 0 Å². The van der Waals surface area contributed by atoms with E-state index in [0.29, 0.717) is 24.3 Å². The number of aryl methyl sites for hydroxylation is 2. The minimum absolute atomic E-state index is 0.0129. The average molecular weight is 366 g/mol. The molecular weight excluding hydrogens is 344 g/mol. The van der Waals surface area contributed by atoms with Crippen molar-refractivity contribution in [1.29, 1.82) is 5.26 Å². The van der Waals surface area contributed by atoms with Crippen molar-refractivity contribution in [3.8, 4) is 6.07 Å². The molecule has 27 heavy (non-hydrogen) atoms. The van der Waals surface area contributed by atoms with E-state index in [1.807, 2.05) is 24.3 Å². The number of nitrogens with zero attached hydrogens (tertiary/aromatic N) is 6. The third-order valence-corrected chi connectivity index (χ3v) is 4.89. The van der Waals surface area contributed by atoms with Crippen molar-refractivity contribution in [2.24, 2.45) is 0 Å². The fraction of sp³-hybridized carbons (Fsp3) is 0.421. The van der Waals surface area contributed by atoms with E-state index in [4.69, 9.17) is 0 Å². The van der Waals surface area contributed by atoms with Gasteiger partial charge in [0.1, 0.15) is 17.5 Å². The maximum Gasteiger partial charge on any atom is 0.284 e. The highest BCUT2D eigenvalue weighted by molar-refractivity contribution is 5.76. The van der Waals surface area contributed by atoms with Gasteiger partial charge in [-0.2, -0.15) is 10.4 Å². The third kappa shape index (κ3) is 3.97. The van der Waals surface area contributed by atoms with Crippen LogP contribution in [0.1, 0.15) is 23.2 Å². The number of anilines is 1. The highest BCUT2D eigenvalue weighted by atomic mass is 16.2. The predicted octanol–water partition coefficient (Wildman–Crippen LogP) is 0.866. The lowest BCUT2D eigenvalue weighted by Gasteiger charge is -2.35. The summed E-state index contributed by atoms with van der Waals surface area (Å²) < 4.78 is 1.23. The van der Waals surface area contributed by atoms with E-state index < -0.39 is 5.56 Å². The molecule has 0 unspecified atom stereocenters. The van der Waals surface area contributed by atoms with Crippen LogP contribution in [0.4, 0.5) is 5.82 Å². The number of hydrogen-bond acceptors (Lipinski definition) is 6. The summed E-state index contributed by atoms with van der Waals surface area (Å²) in [6.45, 7) is 6.33. The molecule has 0 N–H and O–H groups in total. The van der Waals surface area contributed by atoms with Crippen LogP contribution >= 0.6 is 0 Å². The van der Waals surface area contributed by atoms with Gasteiger partial charge >= 0.3 is 0 Å². The number of hydrogen-bond donors (Lipinski definition) is 0. The van der Waals surface area contributed by atoms with Gasteiger partial charge in [-0.1, -0.05) is 6.07 Å². The highest BCUT2D eigenvalue weighted by Gasteiger charge is 2.22. The molecule has 1 aliphatic heterocycles. The normalized spacial score (nSPS) is 14.1. The molecule has 0 atom stereocenters. The Kier molecular flexibility index (Phi) is 5.50. The number of nitriles is 1. The van der Waals surface area contributed by atoms with Crippen LogP contribution in [0.15, 0.2) is 29.2 Å². The summed E-state index contributed by atoms with van der Waals surface area (Å²) in [5, 5.41) is 13.4. The second kappa shape index (κ2) is 7.99. The lowest BCUT2D eigenvalue weighted by atomic mass is 10.1. The number of carbonyl (C=O) groups excluding carboxylic acids is 1. The first-order valence-electron chi connectivity index (χ1n) is 8.93. The van der Waals surface area contributed by atoms with Gasteiger partial charge in [0.2, 0.25) is 5.91 Å². The molecule has 8 nitrogen and oxygen atoms in total. The summed E-state index contributed by atoms with van der Waals surface area (Å²) in [5.41, 5.74) is 0.880. The Morgan fingerprint density at radius 1 is 1.22 bits per heavy atom. The molecule has 3 rings (SSSR count). The first kappa shape index (κ1) is 18.6. The SMILES string of the molecule is Cc1nn(CCC(=O)N2CCN(c3ccccn3)CC2)c(=O)c(C#N)c1C. The predicted molar refractivity (Wildman–Crippen MR) is 100 cm³/mol. The number of rotatable bonds is 4. The Hall–Kier alpha value is -3.21. The van der Waals surface area contributed by atoms with Gasteiger partial charge in [-0.05, 0) is 31.5 Å². The molecule has 1 saturated heterocycles. The van der Waals surface area contributed by atoms with Crippen molar-refractivity contribution in [2.45, 2.75) is 26.8 Å². The van der Waals surface area contributed by atoms with Crippen LogP contribution in [-0.4, -0.2) is 51.8 Å². The molecule has 0 radical (unpaired) electrons. The number of amides is 1. The van der Waals surface area contributed by atoms with E-state index in [1.165, 1.54) is 4.68 Å². The largest absolute Gasteiger partial charge is 0.353 e. The molecule has 0 aromatic carbocycles. The Morgan fingerprint density at radius 2 is 1.96 bits per heavy atom. The molecule has 0 saturated carbocycles. The number of piperazine rings is 1. The van der Waals surface area contributed by atoms with E-state index in [0.717, 1.165) is 18.9 Å². The molecular formula is C19H22N6O2. The summed E-state index contributed by atoms with van der Waals surface area (Å²) in [6.07, 6.45) is 1.94. The molecule has 0 aliphatic carbocycles. The van der Waals surface area contributed by atoms with Crippen LogP contribution in [0.3, 0.4) is 0 Å². The minimum Gasteiger partial charge on any atom is -0.353 e. The van der Waals surface area contributed by atoms with Gasteiger partial charge in [-0.25, -0.2) is 9.67 Å². The van der Waals surface area contributed by atoms with Crippen LogP contribution in [0, 0.1) is 25.2 Å². The molecule has 3 heterocycles. The molecule has 0 spiro atoms. The van der Waals surface area contributed by atoms with Crippen LogP contribution < -0.4 is 10.5 Å². The second-order valence-electron chi connectivity index (χ2n) is 6.53. The van der Waals surface area contributed by atoms with Gasteiger partial charge in [0.05, 0.1) is 12.2 Å². The van der Waals surface area contributed by atoms with Crippen molar-refractivity contribution in [3.63, 3.8) is 0 Å². The zero-order valence-corrected chi connectivity index (χ0v) is 15.6. The Bertz CT molecular complexity index is 924. The first-order valence-corrected chi connectivity index (χ1v) is 8.93. The topological polar surface area (TPSA) is 95.1 Å². The van der Waals surface area contributed by atoms with Crippen molar-refractivity contribution in [3.05, 3.63) is 51.6 Å². The Labute approximate surface area is 157 Å². The zero-order chi connectivity index (χ0) is 19.4. The van der Waals surface area contributed by atoms with Crippen LogP contribution in [-0.2, 0) is 11.3 Å². The maximum atomic E-state index is 12.5. The zero-order valence-electron chi connectivity index (χ0n) is 15.6. The second-order valence-corrected chi connectivity index (χ2v) is 6.53. The highest BCUT2D eigenvalue weighted by Crippen LogP contribution is 2.13. The van der Waals surface area contributed by atoms with Crippen molar-refractivity contribution >= 4 is 11.7 Å². The quantitative estimate of drug-likeness (QED) is 0.797. The summed E-state index contributed by atoms with van der Waals surface area (Å²) in [6, 6.07) is 7.72. The standard InChI is InChI=1S/C19H22N6O2/c1-14-15(2)22-25(19(27)16(14)13-20)8-6-18(26)24-11-9-23(10-12-24)17-5-3-4-7-21-17/h3-5,7H,6,8-12H2,1-2H3. The fourth-order valence-electron chi connectivity index (χ4n) is 3.14. The minimum atomic E-state index is -0.437. The lowest BCUT2D eigenvalue weighted by Crippen LogP contribution is -2.49. The molecule has 1 aliphatic rings. The van der Waals surface area contributed by atoms with E-state index in [9.17, 15) is 14.9 Å². The molecule has 140 valence electrons. The first-order chi connectivity index (χ1) is 13.0. The number of aromatic nitrogens is 3. The van der Waals surface area contributed by atoms with Gasteiger partial charge in [-0.15, -0.1) is 0 Å². The third-order valence-electron chi connectivity index (χ3n) is 4.89. The van der Waals surface area contributed by atoms with Crippen LogP contribution in [0.25, 0.3) is 0 Å². The molecule has 8 heteroatoms. The van der Waals surface area contributed by atoms with Gasteiger partial charge in [0.25, 0.3) is 5.56 Å². The van der Waals surface area contributed by atoms with Gasteiger partial charge in [0, 0.05) is 38.8 Å².